The van der Waals surface area contributed by atoms with Crippen molar-refractivity contribution in [3.63, 3.8) is 0 Å². The maximum absolute atomic E-state index is 11.0. The Kier molecular flexibility index (Phi) is 5.20. The molecule has 2 atom stereocenters. The molecule has 1 rings (SSSR count). The molecule has 0 aromatic rings. The maximum atomic E-state index is 11.0. The number of rotatable bonds is 1. The first-order valence-corrected chi connectivity index (χ1v) is 3.86. The molecule has 12 heavy (non-hydrogen) atoms. The van der Waals surface area contributed by atoms with Crippen molar-refractivity contribution in [3.05, 3.63) is 0 Å². The van der Waals surface area contributed by atoms with E-state index in [0.29, 0.717) is 6.61 Å². The molecular formula is C7H15ClN2O2. The smallest absolute Gasteiger partial charge is 0.237 e. The summed E-state index contributed by atoms with van der Waals surface area (Å²) in [4.78, 5) is 11.0. The quantitative estimate of drug-likeness (QED) is 0.357. The summed E-state index contributed by atoms with van der Waals surface area (Å²) in [6, 6.07) is 0. The minimum Gasteiger partial charge on any atom is -0.378 e. The highest BCUT2D eigenvalue weighted by Crippen LogP contribution is 2.19. The van der Waals surface area contributed by atoms with E-state index < -0.39 is 0 Å². The molecule has 2 unspecified atom stereocenters. The van der Waals surface area contributed by atoms with Gasteiger partial charge in [-0.25, -0.2) is 5.84 Å². The number of carbonyl (C=O) groups is 1. The van der Waals surface area contributed by atoms with Crippen molar-refractivity contribution in [3.8, 4) is 0 Å². The molecule has 0 saturated carbocycles. The topological polar surface area (TPSA) is 64.4 Å². The Morgan fingerprint density at radius 1 is 1.67 bits per heavy atom. The molecule has 5 heteroatoms. The van der Waals surface area contributed by atoms with Crippen molar-refractivity contribution in [1.29, 1.82) is 0 Å². The highest BCUT2D eigenvalue weighted by molar-refractivity contribution is 5.85. The van der Waals surface area contributed by atoms with Crippen molar-refractivity contribution in [2.24, 2.45) is 11.8 Å². The highest BCUT2D eigenvalue weighted by Gasteiger charge is 2.24. The van der Waals surface area contributed by atoms with Crippen molar-refractivity contribution in [2.45, 2.75) is 25.9 Å². The number of halogens is 1. The SMILES string of the molecule is CC1CC(C(=O)NN)CCO1.Cl. The van der Waals surface area contributed by atoms with Gasteiger partial charge in [-0.1, -0.05) is 0 Å². The van der Waals surface area contributed by atoms with E-state index in [0.717, 1.165) is 12.8 Å². The second-order valence-corrected chi connectivity index (χ2v) is 2.91. The van der Waals surface area contributed by atoms with E-state index in [9.17, 15) is 4.79 Å². The van der Waals surface area contributed by atoms with E-state index in [1.165, 1.54) is 0 Å². The number of ether oxygens (including phenoxy) is 1. The molecule has 1 fully saturated rings. The van der Waals surface area contributed by atoms with Gasteiger partial charge in [-0.05, 0) is 19.8 Å². The fourth-order valence-corrected chi connectivity index (χ4v) is 1.35. The minimum absolute atomic E-state index is 0. The van der Waals surface area contributed by atoms with Gasteiger partial charge in [-0.3, -0.25) is 10.2 Å². The first kappa shape index (κ1) is 11.7. The van der Waals surface area contributed by atoms with Crippen molar-refractivity contribution in [1.82, 2.24) is 5.43 Å². The minimum atomic E-state index is -0.0693. The van der Waals surface area contributed by atoms with Gasteiger partial charge in [-0.2, -0.15) is 0 Å². The van der Waals surface area contributed by atoms with Crippen molar-refractivity contribution in [2.75, 3.05) is 6.61 Å². The predicted molar refractivity (Wildman–Crippen MR) is 47.7 cm³/mol. The zero-order valence-corrected chi connectivity index (χ0v) is 7.89. The summed E-state index contributed by atoms with van der Waals surface area (Å²) in [6.45, 7) is 2.63. The lowest BCUT2D eigenvalue weighted by molar-refractivity contribution is -0.129. The molecule has 0 radical (unpaired) electrons. The molecule has 1 heterocycles. The van der Waals surface area contributed by atoms with E-state index in [-0.39, 0.29) is 30.3 Å². The third-order valence-corrected chi connectivity index (χ3v) is 2.00. The van der Waals surface area contributed by atoms with Crippen LogP contribution in [0.4, 0.5) is 0 Å². The fraction of sp³-hybridized carbons (Fsp3) is 0.857. The molecule has 1 saturated heterocycles. The summed E-state index contributed by atoms with van der Waals surface area (Å²) in [6.07, 6.45) is 1.75. The lowest BCUT2D eigenvalue weighted by atomic mass is 9.96. The Morgan fingerprint density at radius 3 is 2.83 bits per heavy atom. The van der Waals surface area contributed by atoms with E-state index in [4.69, 9.17) is 10.6 Å². The number of hydrogen-bond acceptors (Lipinski definition) is 3. The Morgan fingerprint density at radius 2 is 2.33 bits per heavy atom. The summed E-state index contributed by atoms with van der Waals surface area (Å²) in [5.41, 5.74) is 2.16. The molecule has 1 aliphatic heterocycles. The number of carbonyl (C=O) groups excluding carboxylic acids is 1. The Bertz CT molecular complexity index is 154. The normalized spacial score (nSPS) is 28.8. The van der Waals surface area contributed by atoms with Crippen molar-refractivity contribution < 1.29 is 9.53 Å². The summed E-state index contributed by atoms with van der Waals surface area (Å²) in [5.74, 6) is 4.98. The first-order chi connectivity index (χ1) is 5.24. The Labute approximate surface area is 78.2 Å². The summed E-state index contributed by atoms with van der Waals surface area (Å²) in [7, 11) is 0. The molecule has 72 valence electrons. The van der Waals surface area contributed by atoms with Crippen molar-refractivity contribution >= 4 is 18.3 Å². The van der Waals surface area contributed by atoms with Gasteiger partial charge in [0.25, 0.3) is 0 Å². The van der Waals surface area contributed by atoms with E-state index in [1.54, 1.807) is 0 Å². The average molecular weight is 195 g/mol. The van der Waals surface area contributed by atoms with Crippen LogP contribution in [0.2, 0.25) is 0 Å². The Hall–Kier alpha value is -0.320. The number of amides is 1. The van der Waals surface area contributed by atoms with Gasteiger partial charge < -0.3 is 4.74 Å². The molecule has 1 amide bonds. The van der Waals surface area contributed by atoms with Crippen LogP contribution >= 0.6 is 12.4 Å². The van der Waals surface area contributed by atoms with Gasteiger partial charge in [0.2, 0.25) is 5.91 Å². The second-order valence-electron chi connectivity index (χ2n) is 2.91. The van der Waals surface area contributed by atoms with E-state index in [2.05, 4.69) is 5.43 Å². The van der Waals surface area contributed by atoms with Gasteiger partial charge in [0.1, 0.15) is 0 Å². The molecule has 0 spiro atoms. The number of hydrazine groups is 1. The summed E-state index contributed by atoms with van der Waals surface area (Å²) in [5, 5.41) is 0. The fourth-order valence-electron chi connectivity index (χ4n) is 1.35. The van der Waals surface area contributed by atoms with Crippen LogP contribution in [0, 0.1) is 5.92 Å². The van der Waals surface area contributed by atoms with Crippen LogP contribution in [0.3, 0.4) is 0 Å². The molecule has 0 aliphatic carbocycles. The number of nitrogens with two attached hydrogens (primary N) is 1. The van der Waals surface area contributed by atoms with Gasteiger partial charge in [0, 0.05) is 12.5 Å². The van der Waals surface area contributed by atoms with E-state index >= 15 is 0 Å². The van der Waals surface area contributed by atoms with Crippen LogP contribution in [-0.4, -0.2) is 18.6 Å². The standard InChI is InChI=1S/C7H14N2O2.ClH/c1-5-4-6(2-3-11-5)7(10)9-8;/h5-6H,2-4,8H2,1H3,(H,9,10);1H. The molecule has 3 N–H and O–H groups in total. The predicted octanol–water partition coefficient (Wildman–Crippen LogP) is 0.213. The van der Waals surface area contributed by atoms with Crippen LogP contribution in [-0.2, 0) is 9.53 Å². The third-order valence-electron chi connectivity index (χ3n) is 2.00. The van der Waals surface area contributed by atoms with Gasteiger partial charge in [0.15, 0.2) is 0 Å². The lowest BCUT2D eigenvalue weighted by Gasteiger charge is -2.25. The van der Waals surface area contributed by atoms with E-state index in [1.807, 2.05) is 6.92 Å². The number of hydrogen-bond donors (Lipinski definition) is 2. The molecule has 0 aromatic heterocycles. The monoisotopic (exact) mass is 194 g/mol. The second kappa shape index (κ2) is 5.35. The van der Waals surface area contributed by atoms with Crippen LogP contribution in [0.1, 0.15) is 19.8 Å². The highest BCUT2D eigenvalue weighted by atomic mass is 35.5. The number of nitrogens with one attached hydrogen (secondary N) is 1. The maximum Gasteiger partial charge on any atom is 0.237 e. The van der Waals surface area contributed by atoms with Crippen LogP contribution in [0.15, 0.2) is 0 Å². The molecule has 4 nitrogen and oxygen atoms in total. The zero-order chi connectivity index (χ0) is 8.27. The van der Waals surface area contributed by atoms with Crippen LogP contribution in [0.25, 0.3) is 0 Å². The molecule has 1 aliphatic rings. The Balaban J connectivity index is 0.00000121. The lowest BCUT2D eigenvalue weighted by Crippen LogP contribution is -2.39. The summed E-state index contributed by atoms with van der Waals surface area (Å²) >= 11 is 0. The van der Waals surface area contributed by atoms with Gasteiger partial charge in [-0.15, -0.1) is 12.4 Å². The largest absolute Gasteiger partial charge is 0.378 e. The molecular weight excluding hydrogens is 180 g/mol. The molecule has 0 aromatic carbocycles. The first-order valence-electron chi connectivity index (χ1n) is 3.86. The van der Waals surface area contributed by atoms with Gasteiger partial charge >= 0.3 is 0 Å². The third kappa shape index (κ3) is 2.97. The van der Waals surface area contributed by atoms with Crippen LogP contribution < -0.4 is 11.3 Å². The summed E-state index contributed by atoms with van der Waals surface area (Å²) < 4.78 is 5.28. The average Bonchev–Trinajstić information content (AvgIpc) is 2.03. The zero-order valence-electron chi connectivity index (χ0n) is 7.08. The molecule has 0 bridgehead atoms. The van der Waals surface area contributed by atoms with Gasteiger partial charge in [0.05, 0.1) is 6.10 Å². The van der Waals surface area contributed by atoms with Crippen LogP contribution in [0.5, 0.6) is 0 Å².